The fourth-order valence-corrected chi connectivity index (χ4v) is 2.48. The smallest absolute Gasteiger partial charge is 0.192 e. The highest BCUT2D eigenvalue weighted by Gasteiger charge is 2.38. The third-order valence-electron chi connectivity index (χ3n) is 2.22. The molecule has 1 atom stereocenters. The Balaban J connectivity index is 2.31. The maximum absolute atomic E-state index is 11.0. The Labute approximate surface area is 81.0 Å². The Morgan fingerprint density at radius 1 is 1.31 bits per heavy atom. The van der Waals surface area contributed by atoms with Crippen molar-refractivity contribution in [3.05, 3.63) is 35.9 Å². The summed E-state index contributed by atoms with van der Waals surface area (Å²) >= 11 is 1.21. The first-order valence-electron chi connectivity index (χ1n) is 4.14. The Hall–Kier alpha value is -0.800. The molecule has 1 aliphatic rings. The van der Waals surface area contributed by atoms with E-state index in [1.54, 1.807) is 0 Å². The van der Waals surface area contributed by atoms with Gasteiger partial charge in [-0.15, -0.1) is 0 Å². The molecule has 0 bridgehead atoms. The lowest BCUT2D eigenvalue weighted by atomic mass is 9.93. The molecule has 0 saturated carbocycles. The van der Waals surface area contributed by atoms with Crippen molar-refractivity contribution in [3.8, 4) is 0 Å². The monoisotopic (exact) mass is 194 g/mol. The van der Waals surface area contributed by atoms with Gasteiger partial charge in [-0.25, -0.2) is 0 Å². The predicted molar refractivity (Wildman–Crippen MR) is 52.4 cm³/mol. The van der Waals surface area contributed by atoms with Gasteiger partial charge in [-0.1, -0.05) is 42.1 Å². The summed E-state index contributed by atoms with van der Waals surface area (Å²) in [5.74, 6) is 0.482. The highest BCUT2D eigenvalue weighted by Crippen LogP contribution is 2.37. The van der Waals surface area contributed by atoms with E-state index in [1.165, 1.54) is 11.8 Å². The molecular formula is C10H10O2S. The zero-order valence-electron chi connectivity index (χ0n) is 7.06. The van der Waals surface area contributed by atoms with Gasteiger partial charge in [0.1, 0.15) is 5.60 Å². The molecule has 1 aromatic rings. The van der Waals surface area contributed by atoms with Crippen LogP contribution in [0.3, 0.4) is 0 Å². The van der Waals surface area contributed by atoms with Crippen molar-refractivity contribution in [2.75, 3.05) is 5.75 Å². The van der Waals surface area contributed by atoms with Crippen molar-refractivity contribution in [1.82, 2.24) is 0 Å². The third-order valence-corrected chi connectivity index (χ3v) is 3.31. The van der Waals surface area contributed by atoms with Gasteiger partial charge in [0, 0.05) is 5.75 Å². The largest absolute Gasteiger partial charge is 0.384 e. The Kier molecular flexibility index (Phi) is 2.14. The first-order valence-corrected chi connectivity index (χ1v) is 5.13. The lowest BCUT2D eigenvalue weighted by molar-refractivity contribution is -0.113. The van der Waals surface area contributed by atoms with Crippen LogP contribution in [0.4, 0.5) is 0 Å². The second-order valence-electron chi connectivity index (χ2n) is 3.24. The van der Waals surface area contributed by atoms with Crippen molar-refractivity contribution in [2.24, 2.45) is 0 Å². The van der Waals surface area contributed by atoms with Crippen LogP contribution in [0.15, 0.2) is 30.3 Å². The SMILES string of the molecule is O=C1CC(O)(c2ccccc2)CS1. The molecule has 1 heterocycles. The second kappa shape index (κ2) is 3.16. The lowest BCUT2D eigenvalue weighted by Gasteiger charge is -2.20. The van der Waals surface area contributed by atoms with Gasteiger partial charge in [0.2, 0.25) is 0 Å². The highest BCUT2D eigenvalue weighted by molar-refractivity contribution is 8.14. The van der Waals surface area contributed by atoms with E-state index in [4.69, 9.17) is 0 Å². The summed E-state index contributed by atoms with van der Waals surface area (Å²) in [6.45, 7) is 0. The van der Waals surface area contributed by atoms with E-state index in [2.05, 4.69) is 0 Å². The summed E-state index contributed by atoms with van der Waals surface area (Å²) in [5, 5.41) is 10.2. The van der Waals surface area contributed by atoms with Crippen LogP contribution >= 0.6 is 11.8 Å². The van der Waals surface area contributed by atoms with Crippen molar-refractivity contribution in [2.45, 2.75) is 12.0 Å². The molecule has 13 heavy (non-hydrogen) atoms. The highest BCUT2D eigenvalue weighted by atomic mass is 32.2. The standard InChI is InChI=1S/C10H10O2S/c11-9-6-10(12,7-13-9)8-4-2-1-3-5-8/h1-5,12H,6-7H2. The second-order valence-corrected chi connectivity index (χ2v) is 4.27. The van der Waals surface area contributed by atoms with Crippen LogP contribution in [0.1, 0.15) is 12.0 Å². The minimum absolute atomic E-state index is 0.0753. The summed E-state index contributed by atoms with van der Waals surface area (Å²) in [4.78, 5) is 11.0. The Bertz CT molecular complexity index is 323. The number of hydrogen-bond donors (Lipinski definition) is 1. The normalized spacial score (nSPS) is 27.9. The van der Waals surface area contributed by atoms with Crippen LogP contribution in [0.5, 0.6) is 0 Å². The number of carbonyl (C=O) groups is 1. The van der Waals surface area contributed by atoms with Crippen molar-refractivity contribution in [1.29, 1.82) is 0 Å². The van der Waals surface area contributed by atoms with E-state index in [1.807, 2.05) is 30.3 Å². The Morgan fingerprint density at radius 2 is 2.00 bits per heavy atom. The lowest BCUT2D eigenvalue weighted by Crippen LogP contribution is -2.24. The minimum atomic E-state index is -0.928. The molecule has 3 heteroatoms. The summed E-state index contributed by atoms with van der Waals surface area (Å²) in [6, 6.07) is 9.37. The predicted octanol–water partition coefficient (Wildman–Crippen LogP) is 1.54. The number of carbonyl (C=O) groups excluding carboxylic acids is 1. The van der Waals surface area contributed by atoms with Crippen LogP contribution in [0.25, 0.3) is 0 Å². The number of thioether (sulfide) groups is 1. The van der Waals surface area contributed by atoms with E-state index in [0.29, 0.717) is 5.75 Å². The first kappa shape index (κ1) is 8.78. The fraction of sp³-hybridized carbons (Fsp3) is 0.300. The number of benzene rings is 1. The van der Waals surface area contributed by atoms with E-state index < -0.39 is 5.60 Å². The molecule has 0 spiro atoms. The average molecular weight is 194 g/mol. The topological polar surface area (TPSA) is 37.3 Å². The van der Waals surface area contributed by atoms with Crippen LogP contribution < -0.4 is 0 Å². The zero-order chi connectivity index (χ0) is 9.31. The molecule has 1 fully saturated rings. The average Bonchev–Trinajstić information content (AvgIpc) is 2.49. The van der Waals surface area contributed by atoms with Gasteiger partial charge in [0.25, 0.3) is 0 Å². The summed E-state index contributed by atoms with van der Waals surface area (Å²) in [5.41, 5.74) is -0.0865. The van der Waals surface area contributed by atoms with Gasteiger partial charge < -0.3 is 5.11 Å². The molecular weight excluding hydrogens is 184 g/mol. The van der Waals surface area contributed by atoms with Gasteiger partial charge in [-0.3, -0.25) is 4.79 Å². The van der Waals surface area contributed by atoms with E-state index in [9.17, 15) is 9.90 Å². The maximum atomic E-state index is 11.0. The first-order chi connectivity index (χ1) is 6.21. The molecule has 1 saturated heterocycles. The van der Waals surface area contributed by atoms with Gasteiger partial charge in [0.05, 0.1) is 6.42 Å². The summed E-state index contributed by atoms with van der Waals surface area (Å²) < 4.78 is 0. The molecule has 1 aliphatic heterocycles. The van der Waals surface area contributed by atoms with E-state index >= 15 is 0 Å². The minimum Gasteiger partial charge on any atom is -0.384 e. The summed E-state index contributed by atoms with van der Waals surface area (Å²) in [7, 11) is 0. The summed E-state index contributed by atoms with van der Waals surface area (Å²) in [6.07, 6.45) is 0.238. The number of hydrogen-bond acceptors (Lipinski definition) is 3. The van der Waals surface area contributed by atoms with Crippen LogP contribution in [0.2, 0.25) is 0 Å². The molecule has 2 nitrogen and oxygen atoms in total. The van der Waals surface area contributed by atoms with Gasteiger partial charge >= 0.3 is 0 Å². The molecule has 0 radical (unpaired) electrons. The van der Waals surface area contributed by atoms with Gasteiger partial charge in [0.15, 0.2) is 5.12 Å². The molecule has 1 N–H and O–H groups in total. The molecule has 0 aliphatic carbocycles. The maximum Gasteiger partial charge on any atom is 0.192 e. The van der Waals surface area contributed by atoms with Gasteiger partial charge in [-0.2, -0.15) is 0 Å². The molecule has 1 unspecified atom stereocenters. The fourth-order valence-electron chi connectivity index (χ4n) is 1.47. The molecule has 0 aromatic heterocycles. The zero-order valence-corrected chi connectivity index (χ0v) is 7.88. The molecule has 2 rings (SSSR count). The quantitative estimate of drug-likeness (QED) is 0.736. The Morgan fingerprint density at radius 3 is 2.54 bits per heavy atom. The number of aliphatic hydroxyl groups is 1. The van der Waals surface area contributed by atoms with E-state index in [-0.39, 0.29) is 11.5 Å². The van der Waals surface area contributed by atoms with E-state index in [0.717, 1.165) is 5.56 Å². The van der Waals surface area contributed by atoms with Crippen molar-refractivity contribution < 1.29 is 9.90 Å². The van der Waals surface area contributed by atoms with Crippen molar-refractivity contribution in [3.63, 3.8) is 0 Å². The molecule has 68 valence electrons. The van der Waals surface area contributed by atoms with Gasteiger partial charge in [-0.05, 0) is 5.56 Å². The third kappa shape index (κ3) is 1.62. The molecule has 0 amide bonds. The van der Waals surface area contributed by atoms with Crippen LogP contribution in [-0.2, 0) is 10.4 Å². The molecule has 1 aromatic carbocycles. The van der Waals surface area contributed by atoms with Crippen LogP contribution in [-0.4, -0.2) is 16.0 Å². The number of rotatable bonds is 1. The van der Waals surface area contributed by atoms with Crippen molar-refractivity contribution >= 4 is 16.9 Å². The van der Waals surface area contributed by atoms with Crippen LogP contribution in [0, 0.1) is 0 Å².